The molecule has 84 valence electrons. The molecule has 1 aromatic rings. The summed E-state index contributed by atoms with van der Waals surface area (Å²) in [5.41, 5.74) is 0.512. The van der Waals surface area contributed by atoms with Crippen molar-refractivity contribution in [2.24, 2.45) is 10.9 Å². The van der Waals surface area contributed by atoms with Gasteiger partial charge in [-0.3, -0.25) is 4.79 Å². The number of rotatable bonds is 3. The third-order valence-electron chi connectivity index (χ3n) is 2.17. The summed E-state index contributed by atoms with van der Waals surface area (Å²) >= 11 is 1.60. The molecule has 0 aromatic carbocycles. The Hall–Kier alpha value is -1.42. The van der Waals surface area contributed by atoms with Crippen molar-refractivity contribution in [1.82, 2.24) is 5.32 Å². The van der Waals surface area contributed by atoms with Gasteiger partial charge >= 0.3 is 0 Å². The van der Waals surface area contributed by atoms with E-state index in [1.165, 1.54) is 0 Å². The molecule has 0 unspecified atom stereocenters. The van der Waals surface area contributed by atoms with Crippen LogP contribution in [0.3, 0.4) is 0 Å². The average molecular weight is 234 g/mol. The summed E-state index contributed by atoms with van der Waals surface area (Å²) < 4.78 is 0. The maximum Gasteiger partial charge on any atom is 0.275 e. The maximum absolute atomic E-state index is 11.6. The van der Waals surface area contributed by atoms with Gasteiger partial charge in [0.05, 0.1) is 0 Å². The van der Waals surface area contributed by atoms with Gasteiger partial charge in [-0.15, -0.1) is 11.3 Å². The third kappa shape index (κ3) is 2.58. The first-order valence-electron chi connectivity index (χ1n) is 5.29. The van der Waals surface area contributed by atoms with Crippen LogP contribution < -0.4 is 5.32 Å². The van der Waals surface area contributed by atoms with Gasteiger partial charge in [0.25, 0.3) is 5.91 Å². The van der Waals surface area contributed by atoms with E-state index in [0.717, 1.165) is 17.1 Å². The molecule has 1 N–H and O–H groups in total. The van der Waals surface area contributed by atoms with Gasteiger partial charge in [0.2, 0.25) is 0 Å². The molecule has 2 heterocycles. The summed E-state index contributed by atoms with van der Waals surface area (Å²) in [5, 5.41) is 4.78. The van der Waals surface area contributed by atoms with Crippen molar-refractivity contribution in [2.45, 2.75) is 20.3 Å². The number of amidine groups is 1. The monoisotopic (exact) mass is 234 g/mol. The van der Waals surface area contributed by atoms with E-state index in [0.29, 0.717) is 11.6 Å². The van der Waals surface area contributed by atoms with Gasteiger partial charge in [-0.25, -0.2) is 4.99 Å². The zero-order valence-corrected chi connectivity index (χ0v) is 10.2. The van der Waals surface area contributed by atoms with Crippen LogP contribution in [0.15, 0.2) is 28.2 Å². The van der Waals surface area contributed by atoms with Crippen molar-refractivity contribution in [3.05, 3.63) is 28.1 Å². The lowest BCUT2D eigenvalue weighted by Gasteiger charge is -2.02. The highest BCUT2D eigenvalue weighted by Crippen LogP contribution is 2.17. The van der Waals surface area contributed by atoms with Crippen LogP contribution in [0.1, 0.15) is 25.1 Å². The topological polar surface area (TPSA) is 41.5 Å². The molecule has 1 aliphatic heterocycles. The van der Waals surface area contributed by atoms with Gasteiger partial charge in [-0.1, -0.05) is 19.9 Å². The van der Waals surface area contributed by atoms with Gasteiger partial charge in [0, 0.05) is 11.3 Å². The Bertz CT molecular complexity index is 444. The Morgan fingerprint density at radius 3 is 3.00 bits per heavy atom. The molecule has 16 heavy (non-hydrogen) atoms. The SMILES string of the molecule is CC(C)CC1=N/C(=C/c2cccs2)C(=O)N1. The van der Waals surface area contributed by atoms with Crippen LogP contribution in [0.5, 0.6) is 0 Å². The maximum atomic E-state index is 11.6. The molecular formula is C12H14N2OS. The van der Waals surface area contributed by atoms with E-state index in [1.807, 2.05) is 23.6 Å². The number of nitrogens with zero attached hydrogens (tertiary/aromatic N) is 1. The lowest BCUT2D eigenvalue weighted by Crippen LogP contribution is -2.24. The summed E-state index contributed by atoms with van der Waals surface area (Å²) in [6.07, 6.45) is 2.64. The largest absolute Gasteiger partial charge is 0.309 e. The van der Waals surface area contributed by atoms with Crippen LogP contribution in [0.4, 0.5) is 0 Å². The second kappa shape index (κ2) is 4.61. The van der Waals surface area contributed by atoms with Crippen LogP contribution in [0, 0.1) is 5.92 Å². The highest BCUT2D eigenvalue weighted by Gasteiger charge is 2.20. The number of aliphatic imine (C=N–C) groups is 1. The number of hydrogen-bond acceptors (Lipinski definition) is 3. The Balaban J connectivity index is 2.17. The fraction of sp³-hybridized carbons (Fsp3) is 0.333. The normalized spacial score (nSPS) is 18.1. The molecule has 0 fully saturated rings. The van der Waals surface area contributed by atoms with E-state index in [4.69, 9.17) is 0 Å². The van der Waals surface area contributed by atoms with Gasteiger partial charge in [0.1, 0.15) is 11.5 Å². The Morgan fingerprint density at radius 2 is 2.38 bits per heavy atom. The van der Waals surface area contributed by atoms with E-state index in [2.05, 4.69) is 24.2 Å². The molecule has 1 aliphatic rings. The minimum Gasteiger partial charge on any atom is -0.309 e. The number of carbonyl (C=O) groups excluding carboxylic acids is 1. The quantitative estimate of drug-likeness (QED) is 0.803. The molecule has 3 nitrogen and oxygen atoms in total. The summed E-state index contributed by atoms with van der Waals surface area (Å²) in [7, 11) is 0. The first-order chi connectivity index (χ1) is 7.65. The molecule has 1 aromatic heterocycles. The van der Waals surface area contributed by atoms with Crippen molar-refractivity contribution in [3.63, 3.8) is 0 Å². The highest BCUT2D eigenvalue weighted by atomic mass is 32.1. The zero-order valence-electron chi connectivity index (χ0n) is 9.36. The summed E-state index contributed by atoms with van der Waals surface area (Å²) in [5.74, 6) is 1.19. The van der Waals surface area contributed by atoms with E-state index in [1.54, 1.807) is 11.3 Å². The Labute approximate surface area is 98.9 Å². The highest BCUT2D eigenvalue weighted by molar-refractivity contribution is 7.10. The predicted molar refractivity (Wildman–Crippen MR) is 67.3 cm³/mol. The van der Waals surface area contributed by atoms with Crippen LogP contribution in [0.25, 0.3) is 6.08 Å². The van der Waals surface area contributed by atoms with Crippen molar-refractivity contribution in [3.8, 4) is 0 Å². The molecule has 2 rings (SSSR count). The molecule has 0 atom stereocenters. The minimum absolute atomic E-state index is 0.0935. The number of carbonyl (C=O) groups is 1. The molecule has 0 saturated carbocycles. The second-order valence-corrected chi connectivity index (χ2v) is 5.13. The smallest absolute Gasteiger partial charge is 0.275 e. The van der Waals surface area contributed by atoms with Crippen molar-refractivity contribution in [1.29, 1.82) is 0 Å². The molecule has 1 amide bonds. The van der Waals surface area contributed by atoms with Crippen LogP contribution in [-0.2, 0) is 4.79 Å². The molecule has 0 spiro atoms. The van der Waals surface area contributed by atoms with Crippen molar-refractivity contribution < 1.29 is 4.79 Å². The van der Waals surface area contributed by atoms with Crippen LogP contribution in [-0.4, -0.2) is 11.7 Å². The van der Waals surface area contributed by atoms with Crippen molar-refractivity contribution >= 4 is 29.2 Å². The Kier molecular flexibility index (Phi) is 3.19. The number of hydrogen-bond donors (Lipinski definition) is 1. The summed E-state index contributed by atoms with van der Waals surface area (Å²) in [6.45, 7) is 4.21. The predicted octanol–water partition coefficient (Wildman–Crippen LogP) is 2.66. The number of thiophene rings is 1. The minimum atomic E-state index is -0.0935. The van der Waals surface area contributed by atoms with Crippen molar-refractivity contribution in [2.75, 3.05) is 0 Å². The van der Waals surface area contributed by atoms with Gasteiger partial charge in [-0.05, 0) is 23.4 Å². The lowest BCUT2D eigenvalue weighted by molar-refractivity contribution is -0.115. The fourth-order valence-electron chi connectivity index (χ4n) is 1.51. The summed E-state index contributed by atoms with van der Waals surface area (Å²) in [4.78, 5) is 17.0. The molecule has 0 saturated heterocycles. The van der Waals surface area contributed by atoms with Gasteiger partial charge < -0.3 is 5.32 Å². The summed E-state index contributed by atoms with van der Waals surface area (Å²) in [6, 6.07) is 3.93. The first kappa shape index (κ1) is 11.1. The molecular weight excluding hydrogens is 220 g/mol. The van der Waals surface area contributed by atoms with E-state index in [-0.39, 0.29) is 5.91 Å². The van der Waals surface area contributed by atoms with Crippen LogP contribution >= 0.6 is 11.3 Å². The Morgan fingerprint density at radius 1 is 1.56 bits per heavy atom. The fourth-order valence-corrected chi connectivity index (χ4v) is 2.16. The average Bonchev–Trinajstić information content (AvgIpc) is 2.77. The van der Waals surface area contributed by atoms with E-state index < -0.39 is 0 Å². The number of amides is 1. The van der Waals surface area contributed by atoms with Gasteiger partial charge in [0.15, 0.2) is 0 Å². The molecule has 0 bridgehead atoms. The first-order valence-corrected chi connectivity index (χ1v) is 6.17. The van der Waals surface area contributed by atoms with Gasteiger partial charge in [-0.2, -0.15) is 0 Å². The molecule has 4 heteroatoms. The van der Waals surface area contributed by atoms with E-state index >= 15 is 0 Å². The zero-order chi connectivity index (χ0) is 11.5. The lowest BCUT2D eigenvalue weighted by atomic mass is 10.1. The van der Waals surface area contributed by atoms with E-state index in [9.17, 15) is 4.79 Å². The van der Waals surface area contributed by atoms with Crippen LogP contribution in [0.2, 0.25) is 0 Å². The standard InChI is InChI=1S/C12H14N2OS/c1-8(2)6-11-13-10(12(15)14-11)7-9-4-3-5-16-9/h3-5,7-8H,6H2,1-2H3,(H,13,14,15)/b10-7+. The number of nitrogens with one attached hydrogen (secondary N) is 1. The molecule has 0 radical (unpaired) electrons. The molecule has 0 aliphatic carbocycles. The second-order valence-electron chi connectivity index (χ2n) is 4.16. The third-order valence-corrected chi connectivity index (χ3v) is 2.99.